The van der Waals surface area contributed by atoms with Gasteiger partial charge in [-0.2, -0.15) is 0 Å². The Bertz CT molecular complexity index is 1830. The zero-order valence-corrected chi connectivity index (χ0v) is 26.8. The summed E-state index contributed by atoms with van der Waals surface area (Å²) in [7, 11) is 0. The van der Waals surface area contributed by atoms with Crippen LogP contribution in [0.4, 0.5) is 11.4 Å². The lowest BCUT2D eigenvalue weighted by Crippen LogP contribution is -2.33. The van der Waals surface area contributed by atoms with Gasteiger partial charge in [0.25, 0.3) is 0 Å². The molecule has 224 valence electrons. The molecule has 0 bridgehead atoms. The Labute approximate surface area is 269 Å². The SMILES string of the molecule is CCOC(=O)c1ccc(N2C(=O)C3Sc4c(sc(=O)n4CC(=O)Nc4ccc(C)cc4)C(c4ccc(Br)cc4)C3C2=O)cc1. The van der Waals surface area contributed by atoms with Crippen LogP contribution in [0.3, 0.4) is 0 Å². The molecule has 0 saturated carbocycles. The second-order valence-corrected chi connectivity index (χ2v) is 13.4. The van der Waals surface area contributed by atoms with Crippen LogP contribution < -0.4 is 15.1 Å². The molecule has 3 heterocycles. The Morgan fingerprint density at radius 3 is 2.27 bits per heavy atom. The predicted octanol–water partition coefficient (Wildman–Crippen LogP) is 5.59. The summed E-state index contributed by atoms with van der Waals surface area (Å²) in [4.78, 5) is 68.0. The first-order chi connectivity index (χ1) is 21.2. The van der Waals surface area contributed by atoms with Crippen LogP contribution in [0.2, 0.25) is 0 Å². The minimum absolute atomic E-state index is 0.227. The van der Waals surface area contributed by atoms with Gasteiger partial charge >= 0.3 is 10.8 Å². The number of hydrogen-bond donors (Lipinski definition) is 1. The van der Waals surface area contributed by atoms with Gasteiger partial charge in [0.05, 0.1) is 28.8 Å². The Balaban J connectivity index is 1.36. The molecule has 4 aromatic rings. The Hall–Kier alpha value is -4.00. The van der Waals surface area contributed by atoms with E-state index in [1.807, 2.05) is 43.3 Å². The quantitative estimate of drug-likeness (QED) is 0.198. The van der Waals surface area contributed by atoms with E-state index < -0.39 is 29.0 Å². The zero-order chi connectivity index (χ0) is 31.1. The Kier molecular flexibility index (Phi) is 8.32. The van der Waals surface area contributed by atoms with Crippen LogP contribution in [0.1, 0.15) is 39.2 Å². The van der Waals surface area contributed by atoms with Crippen molar-refractivity contribution in [2.24, 2.45) is 5.92 Å². The number of carbonyl (C=O) groups is 4. The van der Waals surface area contributed by atoms with E-state index in [9.17, 15) is 24.0 Å². The van der Waals surface area contributed by atoms with E-state index in [0.717, 1.165) is 43.6 Å². The molecule has 9 nitrogen and oxygen atoms in total. The molecule has 1 saturated heterocycles. The number of thiazole rings is 1. The van der Waals surface area contributed by atoms with E-state index >= 15 is 0 Å². The number of aromatic nitrogens is 1. The number of nitrogens with one attached hydrogen (secondary N) is 1. The van der Waals surface area contributed by atoms with Crippen LogP contribution in [0.25, 0.3) is 0 Å². The summed E-state index contributed by atoms with van der Waals surface area (Å²) in [5.74, 6) is -3.04. The zero-order valence-electron chi connectivity index (χ0n) is 23.6. The monoisotopic (exact) mass is 691 g/mol. The van der Waals surface area contributed by atoms with Gasteiger partial charge in [0.15, 0.2) is 0 Å². The highest BCUT2D eigenvalue weighted by Crippen LogP contribution is 2.54. The first-order valence-electron chi connectivity index (χ1n) is 13.8. The van der Waals surface area contributed by atoms with E-state index in [1.54, 1.807) is 31.2 Å². The number of ether oxygens (including phenoxy) is 1. The third-order valence-electron chi connectivity index (χ3n) is 7.55. The molecule has 2 aliphatic heterocycles. The molecule has 1 fully saturated rings. The highest BCUT2D eigenvalue weighted by atomic mass is 79.9. The summed E-state index contributed by atoms with van der Waals surface area (Å²) in [6.45, 7) is 3.65. The number of benzene rings is 3. The van der Waals surface area contributed by atoms with E-state index in [-0.39, 0.29) is 29.8 Å². The highest BCUT2D eigenvalue weighted by molar-refractivity contribution is 9.10. The minimum atomic E-state index is -0.825. The number of esters is 1. The van der Waals surface area contributed by atoms with Gasteiger partial charge in [0.2, 0.25) is 17.7 Å². The molecule has 3 aromatic carbocycles. The first kappa shape index (κ1) is 30.0. The van der Waals surface area contributed by atoms with Crippen molar-refractivity contribution in [3.8, 4) is 0 Å². The summed E-state index contributed by atoms with van der Waals surface area (Å²) in [5, 5.41) is 2.51. The third kappa shape index (κ3) is 5.53. The molecule has 3 amide bonds. The lowest BCUT2D eigenvalue weighted by Gasteiger charge is -2.30. The molecule has 6 rings (SSSR count). The average molecular weight is 693 g/mol. The number of halogens is 1. The maximum Gasteiger partial charge on any atom is 0.338 e. The maximum absolute atomic E-state index is 14.1. The van der Waals surface area contributed by atoms with Crippen molar-refractivity contribution in [3.63, 3.8) is 0 Å². The normalized spacial score (nSPS) is 19.0. The van der Waals surface area contributed by atoms with Crippen molar-refractivity contribution in [3.05, 3.63) is 109 Å². The second kappa shape index (κ2) is 12.2. The maximum atomic E-state index is 14.1. The van der Waals surface area contributed by atoms with Crippen LogP contribution in [0.15, 0.2) is 87.1 Å². The summed E-state index contributed by atoms with van der Waals surface area (Å²) in [6, 6.07) is 21.0. The number of aryl methyl sites for hydroxylation is 1. The molecular formula is C32H26BrN3O6S2. The molecule has 3 unspecified atom stereocenters. The summed E-state index contributed by atoms with van der Waals surface area (Å²) < 4.78 is 7.29. The Morgan fingerprint density at radius 2 is 1.61 bits per heavy atom. The number of fused-ring (bicyclic) bond motifs is 2. The predicted molar refractivity (Wildman–Crippen MR) is 172 cm³/mol. The fourth-order valence-electron chi connectivity index (χ4n) is 5.48. The molecule has 2 aliphatic rings. The van der Waals surface area contributed by atoms with Gasteiger partial charge in [-0.15, -0.1) is 0 Å². The summed E-state index contributed by atoms with van der Waals surface area (Å²) in [5.41, 5.74) is 3.10. The van der Waals surface area contributed by atoms with Crippen LogP contribution in [-0.2, 0) is 25.7 Å². The molecular weight excluding hydrogens is 666 g/mol. The van der Waals surface area contributed by atoms with Gasteiger partial charge in [-0.1, -0.05) is 68.9 Å². The standard InChI is InChI=1S/C32H26BrN3O6S2/c1-3-42-31(40)19-8-14-22(15-9-19)36-28(38)25-24(18-6-10-20(33)11-7-18)27-30(43-26(25)29(36)39)35(32(41)44-27)16-23(37)34-21-12-4-17(2)5-13-21/h4-15,24-26H,3,16H2,1-2H3,(H,34,37). The van der Waals surface area contributed by atoms with Crippen LogP contribution >= 0.6 is 39.0 Å². The van der Waals surface area contributed by atoms with Crippen molar-refractivity contribution in [2.75, 3.05) is 16.8 Å². The molecule has 44 heavy (non-hydrogen) atoms. The highest BCUT2D eigenvalue weighted by Gasteiger charge is 2.56. The van der Waals surface area contributed by atoms with E-state index in [2.05, 4.69) is 21.2 Å². The summed E-state index contributed by atoms with van der Waals surface area (Å²) >= 11 is 5.60. The number of nitrogens with zero attached hydrogens (tertiary/aromatic N) is 2. The van der Waals surface area contributed by atoms with Crippen molar-refractivity contribution in [1.29, 1.82) is 0 Å². The number of amides is 3. The third-order valence-corrected chi connectivity index (χ3v) is 10.7. The van der Waals surface area contributed by atoms with Gasteiger partial charge in [-0.3, -0.25) is 23.7 Å². The number of thioether (sulfide) groups is 1. The van der Waals surface area contributed by atoms with Crippen molar-refractivity contribution >= 4 is 74.1 Å². The van der Waals surface area contributed by atoms with E-state index in [4.69, 9.17) is 4.74 Å². The van der Waals surface area contributed by atoms with Gasteiger partial charge < -0.3 is 10.1 Å². The van der Waals surface area contributed by atoms with Gasteiger partial charge in [0.1, 0.15) is 11.8 Å². The van der Waals surface area contributed by atoms with Crippen molar-refractivity contribution < 1.29 is 23.9 Å². The molecule has 0 radical (unpaired) electrons. The second-order valence-electron chi connectivity index (χ2n) is 10.4. The minimum Gasteiger partial charge on any atom is -0.462 e. The molecule has 1 aromatic heterocycles. The van der Waals surface area contributed by atoms with Gasteiger partial charge in [0, 0.05) is 21.0 Å². The number of carbonyl (C=O) groups excluding carboxylic acids is 4. The topological polar surface area (TPSA) is 115 Å². The first-order valence-corrected chi connectivity index (χ1v) is 16.3. The molecule has 0 spiro atoms. The Morgan fingerprint density at radius 1 is 0.932 bits per heavy atom. The molecule has 12 heteroatoms. The number of imide groups is 1. The molecule has 0 aliphatic carbocycles. The smallest absolute Gasteiger partial charge is 0.338 e. The number of rotatable bonds is 7. The van der Waals surface area contributed by atoms with E-state index in [0.29, 0.717) is 26.8 Å². The lowest BCUT2D eigenvalue weighted by atomic mass is 9.83. The fourth-order valence-corrected chi connectivity index (χ4v) is 8.52. The number of hydrogen-bond acceptors (Lipinski definition) is 8. The van der Waals surface area contributed by atoms with E-state index in [1.165, 1.54) is 16.7 Å². The van der Waals surface area contributed by atoms with Crippen LogP contribution in [0.5, 0.6) is 0 Å². The van der Waals surface area contributed by atoms with Gasteiger partial charge in [-0.05, 0) is 67.9 Å². The summed E-state index contributed by atoms with van der Waals surface area (Å²) in [6.07, 6.45) is 0. The number of anilines is 2. The molecule has 1 N–H and O–H groups in total. The van der Waals surface area contributed by atoms with Gasteiger partial charge in [-0.25, -0.2) is 9.69 Å². The molecule has 3 atom stereocenters. The van der Waals surface area contributed by atoms with Crippen molar-refractivity contribution in [1.82, 2.24) is 4.57 Å². The average Bonchev–Trinajstić information content (AvgIpc) is 3.45. The lowest BCUT2D eigenvalue weighted by molar-refractivity contribution is -0.122. The fraction of sp³-hybridized carbons (Fsp3) is 0.219. The van der Waals surface area contributed by atoms with Crippen LogP contribution in [-0.4, -0.2) is 40.1 Å². The van der Waals surface area contributed by atoms with Crippen LogP contribution in [0, 0.1) is 12.8 Å². The largest absolute Gasteiger partial charge is 0.462 e. The van der Waals surface area contributed by atoms with Crippen molar-refractivity contribution in [2.45, 2.75) is 36.6 Å².